The summed E-state index contributed by atoms with van der Waals surface area (Å²) in [6.07, 6.45) is 1.48. The van der Waals surface area contributed by atoms with Gasteiger partial charge in [-0.15, -0.1) is 11.6 Å². The fourth-order valence-electron chi connectivity index (χ4n) is 1.57. The number of nitrogens with zero attached hydrogens (tertiary/aromatic N) is 3. The molecule has 0 saturated heterocycles. The summed E-state index contributed by atoms with van der Waals surface area (Å²) in [7, 11) is 1.64. The molecule has 1 amide bonds. The number of carbonyl (C=O) groups is 1. The molecule has 2 rings (SSSR count). The second kappa shape index (κ2) is 5.18. The van der Waals surface area contributed by atoms with Crippen LogP contribution in [0.15, 0.2) is 34.5 Å². The number of hydrogen-bond acceptors (Lipinski definition) is 4. The zero-order valence-corrected chi connectivity index (χ0v) is 10.8. The molecule has 1 atom stereocenters. The first kappa shape index (κ1) is 12.6. The third-order valence-corrected chi connectivity index (χ3v) is 2.92. The maximum atomic E-state index is 12.1. The number of nitrogens with one attached hydrogen (secondary N) is 1. The lowest BCUT2D eigenvalue weighted by atomic mass is 10.2. The van der Waals surface area contributed by atoms with Crippen LogP contribution >= 0.6 is 11.6 Å². The summed E-state index contributed by atoms with van der Waals surface area (Å²) in [6.45, 7) is 1.98. The van der Waals surface area contributed by atoms with Crippen molar-refractivity contribution in [2.75, 3.05) is 12.1 Å². The lowest BCUT2D eigenvalue weighted by Gasteiger charge is -2.23. The highest BCUT2D eigenvalue weighted by Crippen LogP contribution is 2.20. The Labute approximate surface area is 110 Å². The Morgan fingerprint density at radius 3 is 2.67 bits per heavy atom. The SMILES string of the molecule is CN/N=C1\C=NN(c2ccc(C)cc2)C(=O)C1Cl. The summed E-state index contributed by atoms with van der Waals surface area (Å²) >= 11 is 6.03. The predicted octanol–water partition coefficient (Wildman–Crippen LogP) is 1.51. The van der Waals surface area contributed by atoms with Crippen LogP contribution in [0.4, 0.5) is 5.69 Å². The van der Waals surface area contributed by atoms with Crippen molar-refractivity contribution in [1.82, 2.24) is 5.43 Å². The van der Waals surface area contributed by atoms with E-state index in [2.05, 4.69) is 15.6 Å². The third kappa shape index (κ3) is 2.36. The topological polar surface area (TPSA) is 57.1 Å². The van der Waals surface area contributed by atoms with Gasteiger partial charge in [0.15, 0.2) is 5.38 Å². The summed E-state index contributed by atoms with van der Waals surface area (Å²) in [5.74, 6) is -0.308. The molecule has 5 nitrogen and oxygen atoms in total. The number of hydrogen-bond donors (Lipinski definition) is 1. The van der Waals surface area contributed by atoms with Crippen molar-refractivity contribution < 1.29 is 4.79 Å². The van der Waals surface area contributed by atoms with E-state index >= 15 is 0 Å². The first-order valence-corrected chi connectivity index (χ1v) is 5.90. The van der Waals surface area contributed by atoms with Gasteiger partial charge in [0.25, 0.3) is 5.91 Å². The zero-order chi connectivity index (χ0) is 13.1. The highest BCUT2D eigenvalue weighted by atomic mass is 35.5. The van der Waals surface area contributed by atoms with E-state index in [1.807, 2.05) is 31.2 Å². The van der Waals surface area contributed by atoms with Gasteiger partial charge >= 0.3 is 0 Å². The molecule has 0 aromatic heterocycles. The largest absolute Gasteiger partial charge is 0.313 e. The fraction of sp³-hybridized carbons (Fsp3) is 0.250. The van der Waals surface area contributed by atoms with Crippen molar-refractivity contribution in [3.63, 3.8) is 0 Å². The number of aryl methyl sites for hydroxylation is 1. The van der Waals surface area contributed by atoms with Gasteiger partial charge in [0.1, 0.15) is 5.71 Å². The van der Waals surface area contributed by atoms with Crippen molar-refractivity contribution in [2.45, 2.75) is 12.3 Å². The molecule has 0 spiro atoms. The molecule has 94 valence electrons. The number of amides is 1. The van der Waals surface area contributed by atoms with Crippen molar-refractivity contribution in [2.24, 2.45) is 10.2 Å². The van der Waals surface area contributed by atoms with E-state index in [4.69, 9.17) is 11.6 Å². The predicted molar refractivity (Wildman–Crippen MR) is 73.3 cm³/mol. The first-order valence-electron chi connectivity index (χ1n) is 5.46. The molecule has 1 aromatic rings. The van der Waals surface area contributed by atoms with Gasteiger partial charge in [-0.05, 0) is 19.1 Å². The number of benzene rings is 1. The summed E-state index contributed by atoms with van der Waals surface area (Å²) in [5, 5.41) is 8.42. The van der Waals surface area contributed by atoms with E-state index in [9.17, 15) is 4.79 Å². The molecule has 0 fully saturated rings. The van der Waals surface area contributed by atoms with Gasteiger partial charge in [-0.25, -0.2) is 0 Å². The van der Waals surface area contributed by atoms with E-state index in [1.54, 1.807) is 7.05 Å². The average molecular weight is 265 g/mol. The van der Waals surface area contributed by atoms with Gasteiger partial charge in [-0.1, -0.05) is 17.7 Å². The lowest BCUT2D eigenvalue weighted by molar-refractivity contribution is -0.117. The van der Waals surface area contributed by atoms with E-state index in [0.29, 0.717) is 11.4 Å². The minimum absolute atomic E-state index is 0.308. The summed E-state index contributed by atoms with van der Waals surface area (Å²) in [6, 6.07) is 7.49. The smallest absolute Gasteiger partial charge is 0.271 e. The van der Waals surface area contributed by atoms with Crippen LogP contribution in [0.1, 0.15) is 5.56 Å². The Bertz CT molecular complexity index is 509. The standard InChI is InChI=1S/C12H13ClN4O/c1-8-3-5-9(6-4-8)17-12(18)11(13)10(7-15-17)16-14-2/h3-7,11,14H,1-2H3/b16-10+. The molecule has 0 saturated carbocycles. The minimum Gasteiger partial charge on any atom is -0.313 e. The second-order valence-electron chi connectivity index (χ2n) is 3.85. The molecular formula is C12H13ClN4O. The Kier molecular flexibility index (Phi) is 3.62. The van der Waals surface area contributed by atoms with Crippen LogP contribution in [-0.2, 0) is 4.79 Å². The van der Waals surface area contributed by atoms with Crippen LogP contribution in [0.2, 0.25) is 0 Å². The maximum absolute atomic E-state index is 12.1. The average Bonchev–Trinajstić information content (AvgIpc) is 2.37. The van der Waals surface area contributed by atoms with Crippen molar-refractivity contribution >= 4 is 35.1 Å². The minimum atomic E-state index is -0.823. The Balaban J connectivity index is 2.31. The molecule has 1 heterocycles. The van der Waals surface area contributed by atoms with Crippen LogP contribution in [-0.4, -0.2) is 30.3 Å². The summed E-state index contributed by atoms with van der Waals surface area (Å²) in [5.41, 5.74) is 4.81. The molecule has 0 bridgehead atoms. The maximum Gasteiger partial charge on any atom is 0.271 e. The molecule has 1 unspecified atom stereocenters. The number of halogens is 1. The van der Waals surface area contributed by atoms with Gasteiger partial charge in [-0.2, -0.15) is 15.2 Å². The van der Waals surface area contributed by atoms with Gasteiger partial charge in [0, 0.05) is 7.05 Å². The molecular weight excluding hydrogens is 252 g/mol. The molecule has 0 radical (unpaired) electrons. The van der Waals surface area contributed by atoms with Crippen molar-refractivity contribution in [3.8, 4) is 0 Å². The van der Waals surface area contributed by atoms with Gasteiger partial charge in [0.2, 0.25) is 0 Å². The van der Waals surface area contributed by atoms with Crippen LogP contribution in [0.25, 0.3) is 0 Å². The number of carbonyl (C=O) groups excluding carboxylic acids is 1. The fourth-order valence-corrected chi connectivity index (χ4v) is 1.77. The normalized spacial score (nSPS) is 21.5. The molecule has 1 aliphatic heterocycles. The van der Waals surface area contributed by atoms with E-state index < -0.39 is 5.38 Å². The lowest BCUT2D eigenvalue weighted by Crippen LogP contribution is -2.43. The Morgan fingerprint density at radius 2 is 2.06 bits per heavy atom. The Morgan fingerprint density at radius 1 is 1.39 bits per heavy atom. The van der Waals surface area contributed by atoms with Crippen LogP contribution in [0.5, 0.6) is 0 Å². The molecule has 18 heavy (non-hydrogen) atoms. The van der Waals surface area contributed by atoms with Crippen molar-refractivity contribution in [1.29, 1.82) is 0 Å². The van der Waals surface area contributed by atoms with Gasteiger partial charge in [-0.3, -0.25) is 4.79 Å². The van der Waals surface area contributed by atoms with Gasteiger partial charge in [0.05, 0.1) is 11.9 Å². The van der Waals surface area contributed by atoms with Crippen LogP contribution in [0.3, 0.4) is 0 Å². The van der Waals surface area contributed by atoms with E-state index in [-0.39, 0.29) is 5.91 Å². The number of anilines is 1. The van der Waals surface area contributed by atoms with E-state index in [1.165, 1.54) is 11.2 Å². The van der Waals surface area contributed by atoms with Crippen LogP contribution in [0, 0.1) is 6.92 Å². The van der Waals surface area contributed by atoms with Crippen LogP contribution < -0.4 is 10.4 Å². The second-order valence-corrected chi connectivity index (χ2v) is 4.29. The van der Waals surface area contributed by atoms with Crippen molar-refractivity contribution in [3.05, 3.63) is 29.8 Å². The molecule has 1 aliphatic rings. The summed E-state index contributed by atoms with van der Waals surface area (Å²) < 4.78 is 0. The molecule has 6 heteroatoms. The highest BCUT2D eigenvalue weighted by molar-refractivity contribution is 6.56. The Hall–Kier alpha value is -1.88. The zero-order valence-electron chi connectivity index (χ0n) is 10.1. The van der Waals surface area contributed by atoms with E-state index in [0.717, 1.165) is 5.56 Å². The monoisotopic (exact) mass is 264 g/mol. The number of hydrazone groups is 2. The number of rotatable bonds is 2. The highest BCUT2D eigenvalue weighted by Gasteiger charge is 2.31. The quantitative estimate of drug-likeness (QED) is 0.650. The molecule has 0 aliphatic carbocycles. The number of alkyl halides is 1. The summed E-state index contributed by atoms with van der Waals surface area (Å²) in [4.78, 5) is 12.1. The molecule has 1 aromatic carbocycles. The first-order chi connectivity index (χ1) is 8.63. The van der Waals surface area contributed by atoms with Gasteiger partial charge < -0.3 is 5.43 Å². The third-order valence-electron chi connectivity index (χ3n) is 2.51. The molecule has 1 N–H and O–H groups in total.